The average molecular weight is 261 g/mol. The quantitative estimate of drug-likeness (QED) is 0.790. The zero-order chi connectivity index (χ0) is 12.5. The molecule has 0 fully saturated rings. The highest BCUT2D eigenvalue weighted by molar-refractivity contribution is 6.30. The second-order valence-corrected chi connectivity index (χ2v) is 4.98. The van der Waals surface area contributed by atoms with Crippen molar-refractivity contribution in [1.82, 2.24) is 9.78 Å². The molecular formula is C14H13ClN2O. The molecule has 1 heterocycles. The molecule has 2 aromatic rings. The summed E-state index contributed by atoms with van der Waals surface area (Å²) in [6, 6.07) is 6.93. The van der Waals surface area contributed by atoms with Crippen molar-refractivity contribution >= 4 is 17.5 Å². The Morgan fingerprint density at radius 2 is 1.89 bits per heavy atom. The largest absolute Gasteiger partial charge is 0.278 e. The van der Waals surface area contributed by atoms with Crippen LogP contribution in [-0.2, 0) is 12.8 Å². The van der Waals surface area contributed by atoms with Gasteiger partial charge in [-0.25, -0.2) is 4.68 Å². The molecule has 0 spiro atoms. The maximum Gasteiger partial charge on any atom is 0.278 e. The topological polar surface area (TPSA) is 34.9 Å². The van der Waals surface area contributed by atoms with Gasteiger partial charge in [0.25, 0.3) is 5.91 Å². The van der Waals surface area contributed by atoms with Crippen LogP contribution in [0, 0.1) is 0 Å². The summed E-state index contributed by atoms with van der Waals surface area (Å²) in [6.07, 6.45) is 6.11. The van der Waals surface area contributed by atoms with Gasteiger partial charge in [0.2, 0.25) is 0 Å². The Balaban J connectivity index is 1.97. The van der Waals surface area contributed by atoms with Crippen LogP contribution in [-0.4, -0.2) is 15.7 Å². The lowest BCUT2D eigenvalue weighted by Crippen LogP contribution is -2.18. The molecule has 3 rings (SSSR count). The molecular weight excluding hydrogens is 248 g/mol. The molecule has 0 N–H and O–H groups in total. The van der Waals surface area contributed by atoms with Gasteiger partial charge in [0.1, 0.15) is 0 Å². The van der Waals surface area contributed by atoms with Crippen molar-refractivity contribution in [3.8, 4) is 0 Å². The van der Waals surface area contributed by atoms with Gasteiger partial charge in [-0.3, -0.25) is 4.79 Å². The summed E-state index contributed by atoms with van der Waals surface area (Å²) in [7, 11) is 0. The van der Waals surface area contributed by atoms with E-state index in [-0.39, 0.29) is 5.91 Å². The van der Waals surface area contributed by atoms with Gasteiger partial charge >= 0.3 is 0 Å². The zero-order valence-corrected chi connectivity index (χ0v) is 10.7. The van der Waals surface area contributed by atoms with Gasteiger partial charge in [-0.15, -0.1) is 0 Å². The van der Waals surface area contributed by atoms with E-state index in [4.69, 9.17) is 11.6 Å². The minimum absolute atomic E-state index is 0.0742. The first-order valence-electron chi connectivity index (χ1n) is 6.12. The van der Waals surface area contributed by atoms with E-state index in [9.17, 15) is 4.79 Å². The number of halogens is 1. The molecule has 1 aliphatic carbocycles. The number of hydrogen-bond acceptors (Lipinski definition) is 2. The van der Waals surface area contributed by atoms with Crippen molar-refractivity contribution in [3.05, 3.63) is 52.3 Å². The van der Waals surface area contributed by atoms with Crippen LogP contribution in [0.4, 0.5) is 0 Å². The SMILES string of the molecule is O=C(c1ccc(Cl)cc1)n1ncc2c1CCCC2. The number of carbonyl (C=O) groups is 1. The highest BCUT2D eigenvalue weighted by Crippen LogP contribution is 2.21. The Hall–Kier alpha value is -1.61. The van der Waals surface area contributed by atoms with Crippen LogP contribution in [0.2, 0.25) is 5.02 Å². The monoisotopic (exact) mass is 260 g/mol. The van der Waals surface area contributed by atoms with E-state index in [0.29, 0.717) is 10.6 Å². The van der Waals surface area contributed by atoms with Crippen LogP contribution in [0.5, 0.6) is 0 Å². The standard InChI is InChI=1S/C14H13ClN2O/c15-12-7-5-10(6-8-12)14(18)17-13-4-2-1-3-11(13)9-16-17/h5-9H,1-4H2. The molecule has 18 heavy (non-hydrogen) atoms. The van der Waals surface area contributed by atoms with Crippen molar-refractivity contribution < 1.29 is 4.79 Å². The Bertz CT molecular complexity index is 586. The van der Waals surface area contributed by atoms with Gasteiger partial charge in [0.15, 0.2) is 0 Å². The maximum atomic E-state index is 12.3. The average Bonchev–Trinajstić information content (AvgIpc) is 2.82. The van der Waals surface area contributed by atoms with E-state index in [1.54, 1.807) is 24.3 Å². The van der Waals surface area contributed by atoms with Gasteiger partial charge in [-0.05, 0) is 55.5 Å². The second kappa shape index (κ2) is 4.58. The molecule has 0 atom stereocenters. The number of aryl methyl sites for hydroxylation is 1. The van der Waals surface area contributed by atoms with Gasteiger partial charge in [0, 0.05) is 10.6 Å². The highest BCUT2D eigenvalue weighted by atomic mass is 35.5. The Morgan fingerprint density at radius 3 is 2.67 bits per heavy atom. The number of nitrogens with zero attached hydrogens (tertiary/aromatic N) is 2. The number of hydrogen-bond donors (Lipinski definition) is 0. The molecule has 0 amide bonds. The van der Waals surface area contributed by atoms with Gasteiger partial charge in [0.05, 0.1) is 11.9 Å². The first-order chi connectivity index (χ1) is 8.75. The number of aromatic nitrogens is 2. The summed E-state index contributed by atoms with van der Waals surface area (Å²) in [4.78, 5) is 12.3. The summed E-state index contributed by atoms with van der Waals surface area (Å²) < 4.78 is 1.54. The van der Waals surface area contributed by atoms with Gasteiger partial charge < -0.3 is 0 Å². The number of benzene rings is 1. The number of carbonyl (C=O) groups excluding carboxylic acids is 1. The maximum absolute atomic E-state index is 12.3. The molecule has 3 nitrogen and oxygen atoms in total. The molecule has 0 aliphatic heterocycles. The Morgan fingerprint density at radius 1 is 1.17 bits per heavy atom. The third kappa shape index (κ3) is 1.95. The first kappa shape index (κ1) is 11.5. The van der Waals surface area contributed by atoms with Crippen molar-refractivity contribution in [3.63, 3.8) is 0 Å². The van der Waals surface area contributed by atoms with Gasteiger partial charge in [-0.1, -0.05) is 11.6 Å². The van der Waals surface area contributed by atoms with Crippen molar-refractivity contribution in [2.75, 3.05) is 0 Å². The van der Waals surface area contributed by atoms with Crippen LogP contribution in [0.25, 0.3) is 0 Å². The van der Waals surface area contributed by atoms with E-state index in [1.807, 2.05) is 6.20 Å². The van der Waals surface area contributed by atoms with E-state index in [1.165, 1.54) is 16.7 Å². The number of fused-ring (bicyclic) bond motifs is 1. The third-order valence-electron chi connectivity index (χ3n) is 3.35. The molecule has 1 aliphatic rings. The minimum atomic E-state index is -0.0742. The van der Waals surface area contributed by atoms with E-state index in [2.05, 4.69) is 5.10 Å². The van der Waals surface area contributed by atoms with E-state index < -0.39 is 0 Å². The lowest BCUT2D eigenvalue weighted by Gasteiger charge is -2.12. The first-order valence-corrected chi connectivity index (χ1v) is 6.49. The highest BCUT2D eigenvalue weighted by Gasteiger charge is 2.19. The Labute approximate surface area is 110 Å². The fraction of sp³-hybridized carbons (Fsp3) is 0.286. The molecule has 0 unspecified atom stereocenters. The van der Waals surface area contributed by atoms with Crippen molar-refractivity contribution in [2.24, 2.45) is 0 Å². The summed E-state index contributed by atoms with van der Waals surface area (Å²) in [5, 5.41) is 4.86. The summed E-state index contributed by atoms with van der Waals surface area (Å²) in [5.41, 5.74) is 2.90. The molecule has 0 saturated carbocycles. The molecule has 92 valence electrons. The number of rotatable bonds is 1. The van der Waals surface area contributed by atoms with Crippen LogP contribution in [0.15, 0.2) is 30.5 Å². The molecule has 4 heteroatoms. The van der Waals surface area contributed by atoms with E-state index >= 15 is 0 Å². The fourth-order valence-electron chi connectivity index (χ4n) is 2.38. The molecule has 1 aromatic heterocycles. The van der Waals surface area contributed by atoms with Crippen LogP contribution < -0.4 is 0 Å². The fourth-order valence-corrected chi connectivity index (χ4v) is 2.51. The molecule has 0 radical (unpaired) electrons. The second-order valence-electron chi connectivity index (χ2n) is 4.55. The third-order valence-corrected chi connectivity index (χ3v) is 3.60. The minimum Gasteiger partial charge on any atom is -0.267 e. The lowest BCUT2D eigenvalue weighted by molar-refractivity contribution is 0.0941. The molecule has 1 aromatic carbocycles. The van der Waals surface area contributed by atoms with Crippen molar-refractivity contribution in [1.29, 1.82) is 0 Å². The summed E-state index contributed by atoms with van der Waals surface area (Å²) in [6.45, 7) is 0. The van der Waals surface area contributed by atoms with Crippen LogP contribution >= 0.6 is 11.6 Å². The van der Waals surface area contributed by atoms with Gasteiger partial charge in [-0.2, -0.15) is 5.10 Å². The summed E-state index contributed by atoms with van der Waals surface area (Å²) >= 11 is 5.82. The predicted octanol–water partition coefficient (Wildman–Crippen LogP) is 3.10. The molecule has 0 saturated heterocycles. The Kier molecular flexibility index (Phi) is 2.92. The van der Waals surface area contributed by atoms with Crippen LogP contribution in [0.3, 0.4) is 0 Å². The lowest BCUT2D eigenvalue weighted by atomic mass is 9.98. The van der Waals surface area contributed by atoms with E-state index in [0.717, 1.165) is 25.0 Å². The molecule has 0 bridgehead atoms. The smallest absolute Gasteiger partial charge is 0.267 e. The zero-order valence-electron chi connectivity index (χ0n) is 9.90. The van der Waals surface area contributed by atoms with Crippen LogP contribution in [0.1, 0.15) is 34.5 Å². The van der Waals surface area contributed by atoms with Crippen molar-refractivity contribution in [2.45, 2.75) is 25.7 Å². The normalized spacial score (nSPS) is 14.3. The predicted molar refractivity (Wildman–Crippen MR) is 70.0 cm³/mol. The summed E-state index contributed by atoms with van der Waals surface area (Å²) in [5.74, 6) is -0.0742.